The second kappa shape index (κ2) is 8.23. The Bertz CT molecular complexity index is 1100. The largest absolute Gasteiger partial charge is 0.382 e. The lowest BCUT2D eigenvalue weighted by molar-refractivity contribution is 0.252. The van der Waals surface area contributed by atoms with E-state index in [1.54, 1.807) is 6.20 Å². The summed E-state index contributed by atoms with van der Waals surface area (Å²) < 4.78 is 0. The minimum atomic E-state index is -0.275. The number of carbonyl (C=O) groups excluding carboxylic acids is 1. The Morgan fingerprint density at radius 2 is 2.03 bits per heavy atom. The fraction of sp³-hybridized carbons (Fsp3) is 0.318. The van der Waals surface area contributed by atoms with Crippen LogP contribution in [-0.4, -0.2) is 27.8 Å². The highest BCUT2D eigenvalue weighted by molar-refractivity contribution is 5.96. The number of hydrogen-bond donors (Lipinski definition) is 4. The number of rotatable bonds is 4. The number of nitrogens with two attached hydrogens (primary N) is 1. The van der Waals surface area contributed by atoms with Gasteiger partial charge in [0, 0.05) is 23.5 Å². The monoisotopic (exact) mass is 390 g/mol. The number of aromatic amines is 1. The van der Waals surface area contributed by atoms with Crippen LogP contribution < -0.4 is 16.4 Å². The van der Waals surface area contributed by atoms with E-state index < -0.39 is 0 Å². The molecule has 5 N–H and O–H groups in total. The molecule has 0 radical (unpaired) electrons. The average Bonchev–Trinajstić information content (AvgIpc) is 3.05. The molecular weight excluding hydrogens is 364 g/mol. The van der Waals surface area contributed by atoms with Crippen LogP contribution in [0.15, 0.2) is 30.5 Å². The third-order valence-corrected chi connectivity index (χ3v) is 4.15. The summed E-state index contributed by atoms with van der Waals surface area (Å²) in [4.78, 5) is 16.2. The van der Waals surface area contributed by atoms with Gasteiger partial charge in [0.05, 0.1) is 11.1 Å². The summed E-state index contributed by atoms with van der Waals surface area (Å²) in [5, 5.41) is 13.4. The van der Waals surface area contributed by atoms with Crippen molar-refractivity contribution in [3.05, 3.63) is 36.0 Å². The highest BCUT2D eigenvalue weighted by Gasteiger charge is 2.12. The molecule has 1 aromatic carbocycles. The van der Waals surface area contributed by atoms with Gasteiger partial charge in [-0.1, -0.05) is 18.8 Å². The van der Waals surface area contributed by atoms with Crippen LogP contribution in [0.3, 0.4) is 0 Å². The van der Waals surface area contributed by atoms with Crippen LogP contribution in [0.25, 0.3) is 22.0 Å². The summed E-state index contributed by atoms with van der Waals surface area (Å²) in [5.41, 5.74) is 9.37. The summed E-state index contributed by atoms with van der Waals surface area (Å²) in [7, 11) is 0. The van der Waals surface area contributed by atoms with Gasteiger partial charge in [0.1, 0.15) is 5.82 Å². The number of aromatic nitrogens is 3. The van der Waals surface area contributed by atoms with E-state index in [-0.39, 0.29) is 11.4 Å². The fourth-order valence-electron chi connectivity index (χ4n) is 2.74. The van der Waals surface area contributed by atoms with E-state index >= 15 is 0 Å². The van der Waals surface area contributed by atoms with Crippen LogP contribution in [0.5, 0.6) is 0 Å². The van der Waals surface area contributed by atoms with Gasteiger partial charge in [-0.3, -0.25) is 10.4 Å². The fourth-order valence-corrected chi connectivity index (χ4v) is 2.74. The van der Waals surface area contributed by atoms with Gasteiger partial charge in [0.25, 0.3) is 0 Å². The number of pyridine rings is 1. The third kappa shape index (κ3) is 5.05. The maximum Gasteiger partial charge on any atom is 0.320 e. The Labute approximate surface area is 170 Å². The molecule has 7 nitrogen and oxygen atoms in total. The molecule has 2 aromatic heterocycles. The molecule has 3 aromatic rings. The lowest BCUT2D eigenvalue weighted by atomic mass is 9.96. The summed E-state index contributed by atoms with van der Waals surface area (Å²) >= 11 is 0. The van der Waals surface area contributed by atoms with E-state index in [1.807, 2.05) is 31.2 Å². The van der Waals surface area contributed by atoms with Crippen molar-refractivity contribution >= 4 is 28.6 Å². The second-order valence-corrected chi connectivity index (χ2v) is 7.87. The van der Waals surface area contributed by atoms with Crippen LogP contribution >= 0.6 is 0 Å². The predicted octanol–water partition coefficient (Wildman–Crippen LogP) is 4.14. The molecule has 29 heavy (non-hydrogen) atoms. The van der Waals surface area contributed by atoms with Gasteiger partial charge >= 0.3 is 6.03 Å². The van der Waals surface area contributed by atoms with Crippen molar-refractivity contribution in [3.8, 4) is 23.0 Å². The highest BCUT2D eigenvalue weighted by atomic mass is 16.2. The topological polar surface area (TPSA) is 109 Å². The van der Waals surface area contributed by atoms with Gasteiger partial charge in [-0.05, 0) is 62.6 Å². The molecule has 150 valence electrons. The van der Waals surface area contributed by atoms with E-state index in [4.69, 9.17) is 5.73 Å². The van der Waals surface area contributed by atoms with E-state index in [2.05, 4.69) is 58.4 Å². The molecule has 2 amide bonds. The standard InChI is InChI=1S/C22H26N6O/c1-5-9-25-21(29)26-18-13-14(7-10-24-18)16-11-15(6-8-22(2,3)4)19-17(12-16)20(23)28-27-19/h7,10-13H,5,9H2,1-4H3,(H3,23,27,28)(H2,24,25,26,29). The van der Waals surface area contributed by atoms with Crippen molar-refractivity contribution < 1.29 is 4.79 Å². The summed E-state index contributed by atoms with van der Waals surface area (Å²) in [6, 6.07) is 7.39. The van der Waals surface area contributed by atoms with Crippen LogP contribution in [0.2, 0.25) is 0 Å². The molecule has 0 unspecified atom stereocenters. The molecule has 0 spiro atoms. The second-order valence-electron chi connectivity index (χ2n) is 7.87. The van der Waals surface area contributed by atoms with Gasteiger partial charge in [0.15, 0.2) is 5.82 Å². The first-order valence-electron chi connectivity index (χ1n) is 9.59. The maximum atomic E-state index is 11.9. The van der Waals surface area contributed by atoms with Gasteiger partial charge in [0.2, 0.25) is 0 Å². The highest BCUT2D eigenvalue weighted by Crippen LogP contribution is 2.30. The number of carbonyl (C=O) groups is 1. The number of fused-ring (bicyclic) bond motifs is 1. The van der Waals surface area contributed by atoms with E-state index in [9.17, 15) is 4.79 Å². The molecule has 0 atom stereocenters. The van der Waals surface area contributed by atoms with Crippen molar-refractivity contribution in [2.45, 2.75) is 34.1 Å². The number of nitrogens with zero attached hydrogens (tertiary/aromatic N) is 2. The molecule has 0 aliphatic carbocycles. The van der Waals surface area contributed by atoms with Crippen molar-refractivity contribution in [2.75, 3.05) is 17.6 Å². The summed E-state index contributed by atoms with van der Waals surface area (Å²) in [6.07, 6.45) is 2.53. The Kier molecular flexibility index (Phi) is 5.74. The van der Waals surface area contributed by atoms with Crippen molar-refractivity contribution in [1.82, 2.24) is 20.5 Å². The first-order valence-corrected chi connectivity index (χ1v) is 9.59. The maximum absolute atomic E-state index is 11.9. The number of H-pyrrole nitrogens is 1. The summed E-state index contributed by atoms with van der Waals surface area (Å²) in [5.74, 6) is 7.40. The molecule has 0 bridgehead atoms. The van der Waals surface area contributed by atoms with Gasteiger partial charge in [-0.25, -0.2) is 9.78 Å². The number of nitrogen functional groups attached to an aromatic ring is 1. The smallest absolute Gasteiger partial charge is 0.320 e. The minimum Gasteiger partial charge on any atom is -0.382 e. The van der Waals surface area contributed by atoms with Crippen molar-refractivity contribution in [3.63, 3.8) is 0 Å². The quantitative estimate of drug-likeness (QED) is 0.502. The minimum absolute atomic E-state index is 0.131. The van der Waals surface area contributed by atoms with Gasteiger partial charge < -0.3 is 11.1 Å². The number of hydrogen-bond acceptors (Lipinski definition) is 4. The zero-order valence-electron chi connectivity index (χ0n) is 17.2. The van der Waals surface area contributed by atoms with Crippen LogP contribution in [0.1, 0.15) is 39.7 Å². The SMILES string of the molecule is CCCNC(=O)Nc1cc(-c2cc(C#CC(C)(C)C)c3[nH]nc(N)c3c2)ccn1. The molecule has 0 fully saturated rings. The molecule has 0 saturated heterocycles. The van der Waals surface area contributed by atoms with E-state index in [1.165, 1.54) is 0 Å². The van der Waals surface area contributed by atoms with Crippen LogP contribution in [0, 0.1) is 17.3 Å². The number of anilines is 2. The normalized spacial score (nSPS) is 11.0. The number of nitrogens with one attached hydrogen (secondary N) is 3. The predicted molar refractivity (Wildman–Crippen MR) is 117 cm³/mol. The summed E-state index contributed by atoms with van der Waals surface area (Å²) in [6.45, 7) is 8.79. The Hall–Kier alpha value is -3.53. The zero-order chi connectivity index (χ0) is 21.0. The molecule has 3 rings (SSSR count). The van der Waals surface area contributed by atoms with Gasteiger partial charge in [-0.2, -0.15) is 5.10 Å². The lowest BCUT2D eigenvalue weighted by Crippen LogP contribution is -2.29. The average molecular weight is 390 g/mol. The number of urea groups is 1. The molecule has 0 saturated carbocycles. The molecule has 0 aliphatic rings. The first-order chi connectivity index (χ1) is 13.8. The molecular formula is C22H26N6O. The molecule has 2 heterocycles. The van der Waals surface area contributed by atoms with Crippen molar-refractivity contribution in [2.24, 2.45) is 5.41 Å². The van der Waals surface area contributed by atoms with E-state index in [0.717, 1.165) is 34.0 Å². The van der Waals surface area contributed by atoms with E-state index in [0.29, 0.717) is 18.2 Å². The first kappa shape index (κ1) is 20.2. The number of amides is 2. The molecule has 7 heteroatoms. The lowest BCUT2D eigenvalue weighted by Gasteiger charge is -2.09. The van der Waals surface area contributed by atoms with Crippen molar-refractivity contribution in [1.29, 1.82) is 0 Å². The molecule has 0 aliphatic heterocycles. The zero-order valence-corrected chi connectivity index (χ0v) is 17.2. The van der Waals surface area contributed by atoms with Gasteiger partial charge in [-0.15, -0.1) is 0 Å². The van der Waals surface area contributed by atoms with Crippen LogP contribution in [-0.2, 0) is 0 Å². The third-order valence-electron chi connectivity index (χ3n) is 4.15. The Morgan fingerprint density at radius 1 is 1.24 bits per heavy atom. The Morgan fingerprint density at radius 3 is 2.76 bits per heavy atom. The van der Waals surface area contributed by atoms with Crippen LogP contribution in [0.4, 0.5) is 16.4 Å². The number of benzene rings is 1. The Balaban J connectivity index is 2.01.